The first-order valence-electron chi connectivity index (χ1n) is 29.2. The Balaban J connectivity index is 0.835. The number of fused-ring (bicyclic) bond motifs is 20. The van der Waals surface area contributed by atoms with E-state index in [0.717, 1.165) is 111 Å². The van der Waals surface area contributed by atoms with E-state index in [2.05, 4.69) is 313 Å². The van der Waals surface area contributed by atoms with Crippen molar-refractivity contribution in [1.82, 2.24) is 0 Å². The largest absolute Gasteiger partial charge is 0.453 e. The molecule has 396 valence electrons. The zero-order chi connectivity index (χ0) is 55.7. The van der Waals surface area contributed by atoms with Gasteiger partial charge in [0.05, 0.1) is 16.8 Å². The van der Waals surface area contributed by atoms with E-state index in [1.54, 1.807) is 0 Å². The average molecular weight is 1080 g/mol. The highest BCUT2D eigenvalue weighted by atomic mass is 16.3. The predicted octanol–water partition coefficient (Wildman–Crippen LogP) is 22.4. The second-order valence-electron chi connectivity index (χ2n) is 22.6. The molecule has 0 saturated carbocycles. The van der Waals surface area contributed by atoms with E-state index < -0.39 is 5.41 Å². The smallest absolute Gasteiger partial charge is 0.159 e. The van der Waals surface area contributed by atoms with E-state index in [1.807, 2.05) is 0 Å². The van der Waals surface area contributed by atoms with E-state index in [0.29, 0.717) is 0 Å². The Bertz CT molecular complexity index is 5040. The fourth-order valence-corrected chi connectivity index (χ4v) is 14.7. The van der Waals surface area contributed by atoms with E-state index >= 15 is 0 Å². The molecule has 0 N–H and O–H groups in total. The lowest BCUT2D eigenvalue weighted by Gasteiger charge is -2.33. The molecule has 85 heavy (non-hydrogen) atoms. The maximum absolute atomic E-state index is 7.10. The molecule has 2 heterocycles. The van der Waals surface area contributed by atoms with Crippen molar-refractivity contribution in [3.05, 3.63) is 326 Å². The van der Waals surface area contributed by atoms with Crippen molar-refractivity contribution in [3.63, 3.8) is 0 Å². The molecule has 0 saturated heterocycles. The molecule has 1 spiro atoms. The maximum Gasteiger partial charge on any atom is 0.159 e. The molecule has 4 nitrogen and oxygen atoms in total. The van der Waals surface area contributed by atoms with Gasteiger partial charge in [0.1, 0.15) is 11.2 Å². The highest BCUT2D eigenvalue weighted by molar-refractivity contribution is 6.16. The number of benzene rings is 14. The molecule has 0 bridgehead atoms. The van der Waals surface area contributed by atoms with Crippen LogP contribution in [0.25, 0.3) is 110 Å². The van der Waals surface area contributed by atoms with Crippen molar-refractivity contribution < 1.29 is 8.83 Å². The molecular formula is C81H50N2O2. The van der Waals surface area contributed by atoms with Crippen LogP contribution in [0.1, 0.15) is 22.3 Å². The van der Waals surface area contributed by atoms with Gasteiger partial charge in [0, 0.05) is 55.4 Å². The summed E-state index contributed by atoms with van der Waals surface area (Å²) in [6, 6.07) is 111. The predicted molar refractivity (Wildman–Crippen MR) is 353 cm³/mol. The summed E-state index contributed by atoms with van der Waals surface area (Å²) in [4.78, 5) is 4.73. The monoisotopic (exact) mass is 1080 g/mol. The Hall–Kier alpha value is -11.2. The number of hydrogen-bond acceptors (Lipinski definition) is 4. The SMILES string of the molecule is c1ccc(-c2cccc3c2oc2c(N(c4ccccc4)c4ccc5c6c(ccc5c4)-c4ccc5cc(N(c7ccccc7)c7cccc8c7oc7c(-c9ccccc9)cccc78)ccc5c4C64c5ccccc5-c5ccccc54)cccc23)cc1. The van der Waals surface area contributed by atoms with E-state index in [-0.39, 0.29) is 0 Å². The number of anilines is 6. The molecule has 2 aliphatic rings. The average Bonchev–Trinajstić information content (AvgIpc) is 1.59. The van der Waals surface area contributed by atoms with Crippen molar-refractivity contribution in [2.75, 3.05) is 9.80 Å². The summed E-state index contributed by atoms with van der Waals surface area (Å²) in [6.07, 6.45) is 0. The molecule has 0 atom stereocenters. The van der Waals surface area contributed by atoms with Gasteiger partial charge in [-0.25, -0.2) is 0 Å². The zero-order valence-corrected chi connectivity index (χ0v) is 46.1. The number of rotatable bonds is 8. The highest BCUT2D eigenvalue weighted by Crippen LogP contribution is 2.66. The quantitative estimate of drug-likeness (QED) is 0.152. The maximum atomic E-state index is 7.10. The number of nitrogens with zero attached hydrogens (tertiary/aromatic N) is 2. The van der Waals surface area contributed by atoms with Gasteiger partial charge in [0.25, 0.3) is 0 Å². The molecule has 2 aliphatic carbocycles. The van der Waals surface area contributed by atoms with Crippen LogP contribution in [0.5, 0.6) is 0 Å². The van der Waals surface area contributed by atoms with Gasteiger partial charge in [-0.3, -0.25) is 0 Å². The van der Waals surface area contributed by atoms with Gasteiger partial charge in [-0.1, -0.05) is 243 Å². The molecule has 2 aromatic heterocycles. The Labute approximate surface area is 490 Å². The minimum absolute atomic E-state index is 0.634. The Morgan fingerprint density at radius 2 is 0.600 bits per heavy atom. The van der Waals surface area contributed by atoms with Crippen LogP contribution in [-0.4, -0.2) is 0 Å². The highest BCUT2D eigenvalue weighted by Gasteiger charge is 2.53. The van der Waals surface area contributed by atoms with Crippen molar-refractivity contribution in [2.45, 2.75) is 5.41 Å². The van der Waals surface area contributed by atoms with Gasteiger partial charge in [-0.2, -0.15) is 0 Å². The fourth-order valence-electron chi connectivity index (χ4n) is 14.7. The summed E-state index contributed by atoms with van der Waals surface area (Å²) in [6.45, 7) is 0. The van der Waals surface area contributed by atoms with Crippen LogP contribution in [0.3, 0.4) is 0 Å². The first kappa shape index (κ1) is 47.4. The molecule has 0 amide bonds. The number of hydrogen-bond donors (Lipinski definition) is 0. The molecule has 0 radical (unpaired) electrons. The van der Waals surface area contributed by atoms with Crippen LogP contribution in [0.4, 0.5) is 34.1 Å². The molecule has 14 aromatic carbocycles. The number of furan rings is 2. The van der Waals surface area contributed by atoms with Crippen molar-refractivity contribution >= 4 is 99.5 Å². The van der Waals surface area contributed by atoms with E-state index in [9.17, 15) is 0 Å². The summed E-state index contributed by atoms with van der Waals surface area (Å²) in [5, 5.41) is 9.12. The van der Waals surface area contributed by atoms with Crippen LogP contribution in [0.2, 0.25) is 0 Å². The van der Waals surface area contributed by atoms with Crippen LogP contribution in [0.15, 0.2) is 312 Å². The third-order valence-corrected chi connectivity index (χ3v) is 18.2. The van der Waals surface area contributed by atoms with Gasteiger partial charge in [-0.15, -0.1) is 0 Å². The fraction of sp³-hybridized carbons (Fsp3) is 0.0123. The Morgan fingerprint density at radius 1 is 0.235 bits per heavy atom. The second-order valence-corrected chi connectivity index (χ2v) is 22.6. The van der Waals surface area contributed by atoms with Gasteiger partial charge >= 0.3 is 0 Å². The van der Waals surface area contributed by atoms with Gasteiger partial charge < -0.3 is 18.6 Å². The molecule has 18 rings (SSSR count). The van der Waals surface area contributed by atoms with Crippen molar-refractivity contribution in [1.29, 1.82) is 0 Å². The van der Waals surface area contributed by atoms with Gasteiger partial charge in [-0.05, 0) is 138 Å². The molecule has 0 fully saturated rings. The molecule has 4 heteroatoms. The van der Waals surface area contributed by atoms with E-state index in [1.165, 1.54) is 55.3 Å². The Morgan fingerprint density at radius 3 is 1.04 bits per heavy atom. The van der Waals surface area contributed by atoms with Crippen LogP contribution in [-0.2, 0) is 5.41 Å². The Kier molecular flexibility index (Phi) is 10.3. The van der Waals surface area contributed by atoms with Crippen LogP contribution in [0, 0.1) is 0 Å². The lowest BCUT2D eigenvalue weighted by atomic mass is 9.68. The van der Waals surface area contributed by atoms with Crippen molar-refractivity contribution in [2.24, 2.45) is 0 Å². The summed E-state index contributed by atoms with van der Waals surface area (Å²) >= 11 is 0. The molecular weight excluding hydrogens is 1030 g/mol. The van der Waals surface area contributed by atoms with Gasteiger partial charge in [0.15, 0.2) is 11.2 Å². The van der Waals surface area contributed by atoms with Crippen LogP contribution >= 0.6 is 0 Å². The first-order valence-corrected chi connectivity index (χ1v) is 29.2. The number of para-hydroxylation sites is 6. The lowest BCUT2D eigenvalue weighted by molar-refractivity contribution is 0.670. The minimum atomic E-state index is -0.634. The third-order valence-electron chi connectivity index (χ3n) is 18.2. The summed E-state index contributed by atoms with van der Waals surface area (Å²) in [5.41, 5.74) is 23.7. The van der Waals surface area contributed by atoms with Gasteiger partial charge in [0.2, 0.25) is 0 Å². The lowest BCUT2D eigenvalue weighted by Crippen LogP contribution is -2.26. The molecule has 16 aromatic rings. The third kappa shape index (κ3) is 6.85. The zero-order valence-electron chi connectivity index (χ0n) is 46.1. The first-order chi connectivity index (χ1) is 42.2. The topological polar surface area (TPSA) is 32.8 Å². The van der Waals surface area contributed by atoms with Crippen molar-refractivity contribution in [3.8, 4) is 44.5 Å². The normalized spacial score (nSPS) is 12.8. The minimum Gasteiger partial charge on any atom is -0.453 e. The molecule has 0 unspecified atom stereocenters. The molecule has 0 aliphatic heterocycles. The second kappa shape index (κ2) is 18.4. The summed E-state index contributed by atoms with van der Waals surface area (Å²) in [5.74, 6) is 0. The summed E-state index contributed by atoms with van der Waals surface area (Å²) < 4.78 is 14.2. The standard InChI is InChI=1S/C81H50N2O2/c1-5-21-51(22-6-1)61-31-17-33-67-69-35-19-39-73(79(69)84-77(61)67)82(55-25-9-3-10-26-55)57-43-47-59-53(49-57)41-45-65-66-46-42-54-50-58(44-48-60(54)76(66)81(75(59)65)71-37-15-13-29-63(71)64-30-14-16-38-72(64)81)83(56-27-11-4-12-28-56)74-40-20-36-70-68-34-18-32-62(78(68)85-80(70)74)52-23-7-2-8-24-52/h1-50H. The summed E-state index contributed by atoms with van der Waals surface area (Å²) in [7, 11) is 0. The van der Waals surface area contributed by atoms with Crippen LogP contribution < -0.4 is 9.80 Å². The van der Waals surface area contributed by atoms with E-state index in [4.69, 9.17) is 8.83 Å².